The third kappa shape index (κ3) is 3.37. The van der Waals surface area contributed by atoms with Crippen molar-refractivity contribution in [1.29, 1.82) is 0 Å². The molecule has 0 aliphatic rings. The maximum atomic E-state index is 11.5. The first-order chi connectivity index (χ1) is 8.40. The molecule has 1 atom stereocenters. The Morgan fingerprint density at radius 2 is 1.89 bits per heavy atom. The maximum Gasteiger partial charge on any atom is 0.327 e. The summed E-state index contributed by atoms with van der Waals surface area (Å²) >= 11 is 0. The Hall–Kier alpha value is -1.75. The van der Waals surface area contributed by atoms with Crippen LogP contribution in [0.15, 0.2) is 24.3 Å². The Balaban J connectivity index is 2.75. The Morgan fingerprint density at radius 3 is 2.33 bits per heavy atom. The van der Waals surface area contributed by atoms with Crippen molar-refractivity contribution >= 4 is 11.7 Å². The summed E-state index contributed by atoms with van der Waals surface area (Å²) in [5.41, 5.74) is 5.84. The molecule has 1 unspecified atom stereocenters. The molecular formula is C13H20N2O3. The van der Waals surface area contributed by atoms with Crippen molar-refractivity contribution in [1.82, 2.24) is 0 Å². The molecule has 0 aliphatic carbocycles. The van der Waals surface area contributed by atoms with Gasteiger partial charge in [0.15, 0.2) is 0 Å². The third-order valence-electron chi connectivity index (χ3n) is 2.73. The molecule has 0 aliphatic heterocycles. The zero-order chi connectivity index (χ0) is 13.8. The van der Waals surface area contributed by atoms with Crippen LogP contribution in [-0.4, -0.2) is 39.3 Å². The summed E-state index contributed by atoms with van der Waals surface area (Å²) in [6, 6.07) is 7.54. The van der Waals surface area contributed by atoms with E-state index >= 15 is 0 Å². The molecule has 0 radical (unpaired) electrons. The van der Waals surface area contributed by atoms with Gasteiger partial charge in [0, 0.05) is 19.3 Å². The van der Waals surface area contributed by atoms with Crippen molar-refractivity contribution in [2.24, 2.45) is 5.73 Å². The SMILES string of the molecule is COC(=O)C(C)(N)CN(C)c1ccc(OC)cc1. The van der Waals surface area contributed by atoms with Gasteiger partial charge in [0.1, 0.15) is 11.3 Å². The van der Waals surface area contributed by atoms with Crippen molar-refractivity contribution < 1.29 is 14.3 Å². The van der Waals surface area contributed by atoms with Gasteiger partial charge >= 0.3 is 5.97 Å². The lowest BCUT2D eigenvalue weighted by Gasteiger charge is -2.29. The number of nitrogens with zero attached hydrogens (tertiary/aromatic N) is 1. The van der Waals surface area contributed by atoms with E-state index in [-0.39, 0.29) is 0 Å². The molecule has 0 saturated heterocycles. The smallest absolute Gasteiger partial charge is 0.327 e. The van der Waals surface area contributed by atoms with Crippen molar-refractivity contribution in [2.75, 3.05) is 32.7 Å². The Labute approximate surface area is 107 Å². The minimum absolute atomic E-state index is 0.367. The first-order valence-electron chi connectivity index (χ1n) is 5.63. The van der Waals surface area contributed by atoms with Crippen LogP contribution < -0.4 is 15.4 Å². The number of nitrogens with two attached hydrogens (primary N) is 1. The summed E-state index contributed by atoms with van der Waals surface area (Å²) in [7, 11) is 4.82. The van der Waals surface area contributed by atoms with E-state index in [0.29, 0.717) is 6.54 Å². The highest BCUT2D eigenvalue weighted by molar-refractivity contribution is 5.80. The number of hydrogen-bond donors (Lipinski definition) is 1. The van der Waals surface area contributed by atoms with Crippen LogP contribution in [0.5, 0.6) is 5.75 Å². The first kappa shape index (κ1) is 14.3. The van der Waals surface area contributed by atoms with E-state index in [1.165, 1.54) is 7.11 Å². The van der Waals surface area contributed by atoms with Gasteiger partial charge in [0.2, 0.25) is 0 Å². The van der Waals surface area contributed by atoms with Crippen LogP contribution in [-0.2, 0) is 9.53 Å². The van der Waals surface area contributed by atoms with E-state index in [9.17, 15) is 4.79 Å². The molecule has 100 valence electrons. The van der Waals surface area contributed by atoms with Crippen LogP contribution in [0, 0.1) is 0 Å². The molecule has 0 amide bonds. The summed E-state index contributed by atoms with van der Waals surface area (Å²) in [6.45, 7) is 2.02. The van der Waals surface area contributed by atoms with Gasteiger partial charge in [-0.15, -0.1) is 0 Å². The second-order valence-electron chi connectivity index (χ2n) is 4.46. The zero-order valence-corrected chi connectivity index (χ0v) is 11.3. The van der Waals surface area contributed by atoms with Crippen LogP contribution in [0.3, 0.4) is 0 Å². The highest BCUT2D eigenvalue weighted by atomic mass is 16.5. The molecule has 0 fully saturated rings. The van der Waals surface area contributed by atoms with Gasteiger partial charge in [-0.25, -0.2) is 0 Å². The Kier molecular flexibility index (Phi) is 4.55. The molecule has 5 heteroatoms. The Bertz CT molecular complexity index is 401. The van der Waals surface area contributed by atoms with Crippen LogP contribution in [0.1, 0.15) is 6.92 Å². The van der Waals surface area contributed by atoms with Crippen molar-refractivity contribution in [3.8, 4) is 5.75 Å². The van der Waals surface area contributed by atoms with Gasteiger partial charge in [-0.3, -0.25) is 4.79 Å². The third-order valence-corrected chi connectivity index (χ3v) is 2.73. The number of carbonyl (C=O) groups excluding carboxylic acids is 1. The molecule has 0 saturated carbocycles. The molecule has 0 aromatic heterocycles. The maximum absolute atomic E-state index is 11.5. The van der Waals surface area contributed by atoms with Crippen molar-refractivity contribution in [2.45, 2.75) is 12.5 Å². The van der Waals surface area contributed by atoms with Crippen molar-refractivity contribution in [3.63, 3.8) is 0 Å². The van der Waals surface area contributed by atoms with Gasteiger partial charge in [0.25, 0.3) is 0 Å². The van der Waals surface area contributed by atoms with E-state index < -0.39 is 11.5 Å². The molecule has 1 aromatic rings. The number of methoxy groups -OCH3 is 2. The number of hydrogen-bond acceptors (Lipinski definition) is 5. The topological polar surface area (TPSA) is 64.8 Å². The average molecular weight is 252 g/mol. The predicted octanol–water partition coefficient (Wildman–Crippen LogP) is 1.02. The molecule has 1 aromatic carbocycles. The molecule has 5 nitrogen and oxygen atoms in total. The minimum atomic E-state index is -1.04. The summed E-state index contributed by atoms with van der Waals surface area (Å²) in [5, 5.41) is 0. The monoisotopic (exact) mass is 252 g/mol. The van der Waals surface area contributed by atoms with Gasteiger partial charge in [-0.1, -0.05) is 0 Å². The summed E-state index contributed by atoms with van der Waals surface area (Å²) in [5.74, 6) is 0.360. The number of likely N-dealkylation sites (N-methyl/N-ethyl adjacent to an activating group) is 1. The van der Waals surface area contributed by atoms with Gasteiger partial charge < -0.3 is 20.1 Å². The quantitative estimate of drug-likeness (QED) is 0.793. The Morgan fingerprint density at radius 1 is 1.33 bits per heavy atom. The van der Waals surface area contributed by atoms with E-state index in [2.05, 4.69) is 4.74 Å². The number of ether oxygens (including phenoxy) is 2. The summed E-state index contributed by atoms with van der Waals surface area (Å²) in [4.78, 5) is 13.4. The standard InChI is InChI=1S/C13H20N2O3/c1-13(14,12(16)18-4)9-15(2)10-5-7-11(17-3)8-6-10/h5-8H,9,14H2,1-4H3. The fourth-order valence-corrected chi connectivity index (χ4v) is 1.72. The summed E-state index contributed by atoms with van der Waals surface area (Å²) in [6.07, 6.45) is 0. The molecule has 18 heavy (non-hydrogen) atoms. The number of esters is 1. The van der Waals surface area contributed by atoms with E-state index in [1.807, 2.05) is 36.2 Å². The molecule has 0 bridgehead atoms. The number of anilines is 1. The van der Waals surface area contributed by atoms with Crippen molar-refractivity contribution in [3.05, 3.63) is 24.3 Å². The molecule has 2 N–H and O–H groups in total. The van der Waals surface area contributed by atoms with Crippen LogP contribution in [0.25, 0.3) is 0 Å². The lowest BCUT2D eigenvalue weighted by molar-refractivity contribution is -0.145. The van der Waals surface area contributed by atoms with Gasteiger partial charge in [-0.2, -0.15) is 0 Å². The average Bonchev–Trinajstić information content (AvgIpc) is 2.37. The largest absolute Gasteiger partial charge is 0.497 e. The minimum Gasteiger partial charge on any atom is -0.497 e. The van der Waals surface area contributed by atoms with Crippen LogP contribution >= 0.6 is 0 Å². The zero-order valence-electron chi connectivity index (χ0n) is 11.3. The number of carbonyl (C=O) groups is 1. The van der Waals surface area contributed by atoms with Crippen LogP contribution in [0.4, 0.5) is 5.69 Å². The fourth-order valence-electron chi connectivity index (χ4n) is 1.72. The lowest BCUT2D eigenvalue weighted by atomic mass is 10.0. The first-order valence-corrected chi connectivity index (χ1v) is 5.63. The van der Waals surface area contributed by atoms with E-state index in [1.54, 1.807) is 14.0 Å². The second kappa shape index (κ2) is 5.73. The molecule has 0 heterocycles. The van der Waals surface area contributed by atoms with Gasteiger partial charge in [-0.05, 0) is 31.2 Å². The van der Waals surface area contributed by atoms with E-state index in [0.717, 1.165) is 11.4 Å². The fraction of sp³-hybridized carbons (Fsp3) is 0.462. The molecular weight excluding hydrogens is 232 g/mol. The predicted molar refractivity (Wildman–Crippen MR) is 70.9 cm³/mol. The lowest BCUT2D eigenvalue weighted by Crippen LogP contribution is -2.53. The van der Waals surface area contributed by atoms with E-state index in [4.69, 9.17) is 10.5 Å². The molecule has 0 spiro atoms. The highest BCUT2D eigenvalue weighted by Gasteiger charge is 2.31. The number of rotatable bonds is 5. The molecule has 1 rings (SSSR count). The highest BCUT2D eigenvalue weighted by Crippen LogP contribution is 2.19. The normalized spacial score (nSPS) is 13.6. The van der Waals surface area contributed by atoms with Gasteiger partial charge in [0.05, 0.1) is 14.2 Å². The van der Waals surface area contributed by atoms with Crippen LogP contribution in [0.2, 0.25) is 0 Å². The number of benzene rings is 1. The summed E-state index contributed by atoms with van der Waals surface area (Å²) < 4.78 is 9.77. The second-order valence-corrected chi connectivity index (χ2v) is 4.46.